The van der Waals surface area contributed by atoms with E-state index in [9.17, 15) is 27.6 Å². The minimum Gasteiger partial charge on any atom is -0.480 e. The molecule has 2 aliphatic rings. The van der Waals surface area contributed by atoms with Crippen LogP contribution in [0.3, 0.4) is 0 Å². The number of hydrogen-bond acceptors (Lipinski definition) is 5. The molecule has 0 saturated carbocycles. The molecule has 1 atom stereocenters. The molecule has 2 amide bonds. The largest absolute Gasteiger partial charge is 0.480 e. The summed E-state index contributed by atoms with van der Waals surface area (Å²) in [5.41, 5.74) is 3.80. The lowest BCUT2D eigenvalue weighted by Gasteiger charge is -2.39. The van der Waals surface area contributed by atoms with E-state index in [4.69, 9.17) is 14.6 Å². The van der Waals surface area contributed by atoms with Gasteiger partial charge >= 0.3 is 18.2 Å². The summed E-state index contributed by atoms with van der Waals surface area (Å²) in [5.74, 6) is -2.33. The summed E-state index contributed by atoms with van der Waals surface area (Å²) >= 11 is 0. The first kappa shape index (κ1) is 24.5. The fourth-order valence-corrected chi connectivity index (χ4v) is 4.27. The van der Waals surface area contributed by atoms with E-state index in [0.717, 1.165) is 27.2 Å². The Morgan fingerprint density at radius 1 is 1.03 bits per heavy atom. The Labute approximate surface area is 198 Å². The molecule has 1 heterocycles. The summed E-state index contributed by atoms with van der Waals surface area (Å²) in [7, 11) is 0. The van der Waals surface area contributed by atoms with Crippen molar-refractivity contribution in [3.8, 4) is 11.1 Å². The first-order chi connectivity index (χ1) is 16.6. The Kier molecular flexibility index (Phi) is 6.97. The predicted molar refractivity (Wildman–Crippen MR) is 117 cm³/mol. The second-order valence-corrected chi connectivity index (χ2v) is 8.39. The van der Waals surface area contributed by atoms with Gasteiger partial charge in [0, 0.05) is 19.0 Å². The predicted octanol–water partition coefficient (Wildman–Crippen LogP) is 3.16. The van der Waals surface area contributed by atoms with Gasteiger partial charge in [-0.3, -0.25) is 4.79 Å². The molecule has 11 heteroatoms. The van der Waals surface area contributed by atoms with E-state index < -0.39 is 49.3 Å². The molecule has 0 bridgehead atoms. The number of carbonyl (C=O) groups excluding carboxylic acids is 2. The number of amides is 2. The highest BCUT2D eigenvalue weighted by atomic mass is 19.4. The number of alkyl carbamates (subject to hydrolysis) is 1. The SMILES string of the molecule is O=C(O)COC1CN(C(=O)CC(NC(=O)OCC2c3ccccc3-c3ccccc32)C(F)(F)F)C1. The maximum absolute atomic E-state index is 13.5. The highest BCUT2D eigenvalue weighted by molar-refractivity contribution is 5.80. The van der Waals surface area contributed by atoms with Crippen LogP contribution in [0.15, 0.2) is 48.5 Å². The number of fused-ring (bicyclic) bond motifs is 3. The zero-order valence-electron chi connectivity index (χ0n) is 18.5. The van der Waals surface area contributed by atoms with Crippen LogP contribution < -0.4 is 5.32 Å². The van der Waals surface area contributed by atoms with Gasteiger partial charge in [-0.15, -0.1) is 0 Å². The molecule has 2 N–H and O–H groups in total. The number of alkyl halides is 3. The first-order valence-electron chi connectivity index (χ1n) is 10.9. The number of hydrogen-bond donors (Lipinski definition) is 2. The quantitative estimate of drug-likeness (QED) is 0.587. The van der Waals surface area contributed by atoms with Crippen molar-refractivity contribution in [2.45, 2.75) is 30.7 Å². The minimum atomic E-state index is -4.87. The van der Waals surface area contributed by atoms with Crippen LogP contribution in [0.5, 0.6) is 0 Å². The van der Waals surface area contributed by atoms with Crippen molar-refractivity contribution in [2.24, 2.45) is 0 Å². The van der Waals surface area contributed by atoms with Crippen molar-refractivity contribution in [3.63, 3.8) is 0 Å². The van der Waals surface area contributed by atoms with E-state index in [1.807, 2.05) is 48.5 Å². The second-order valence-electron chi connectivity index (χ2n) is 8.39. The van der Waals surface area contributed by atoms with Crippen LogP contribution in [-0.4, -0.2) is 72.6 Å². The number of halogens is 3. The number of carboxylic acid groups (broad SMARTS) is 1. The van der Waals surface area contributed by atoms with Crippen molar-refractivity contribution in [2.75, 3.05) is 26.3 Å². The smallest absolute Gasteiger partial charge is 0.409 e. The number of aliphatic carboxylic acids is 1. The normalized spacial score (nSPS) is 16.1. The number of rotatable bonds is 8. The molecule has 1 aliphatic heterocycles. The maximum atomic E-state index is 13.5. The van der Waals surface area contributed by atoms with E-state index in [1.165, 1.54) is 0 Å². The lowest BCUT2D eigenvalue weighted by atomic mass is 9.98. The molecule has 8 nitrogen and oxygen atoms in total. The van der Waals surface area contributed by atoms with Gasteiger partial charge in [-0.1, -0.05) is 48.5 Å². The van der Waals surface area contributed by atoms with Gasteiger partial charge in [0.25, 0.3) is 0 Å². The minimum absolute atomic E-state index is 0.0123. The Hall–Kier alpha value is -3.60. The zero-order valence-corrected chi connectivity index (χ0v) is 18.5. The van der Waals surface area contributed by atoms with Crippen molar-refractivity contribution in [1.29, 1.82) is 0 Å². The van der Waals surface area contributed by atoms with Gasteiger partial charge in [-0.05, 0) is 22.3 Å². The number of benzene rings is 2. The first-order valence-corrected chi connectivity index (χ1v) is 10.9. The molecule has 186 valence electrons. The van der Waals surface area contributed by atoms with Crippen LogP contribution in [-0.2, 0) is 19.1 Å². The molecule has 0 radical (unpaired) electrons. The summed E-state index contributed by atoms with van der Waals surface area (Å²) in [6.45, 7) is -0.739. The molecule has 0 spiro atoms. The van der Waals surface area contributed by atoms with E-state index in [2.05, 4.69) is 0 Å². The Balaban J connectivity index is 1.33. The van der Waals surface area contributed by atoms with Gasteiger partial charge in [0.2, 0.25) is 5.91 Å². The molecule has 35 heavy (non-hydrogen) atoms. The van der Waals surface area contributed by atoms with Gasteiger partial charge in [0.05, 0.1) is 12.5 Å². The summed E-state index contributed by atoms with van der Waals surface area (Å²) in [5, 5.41) is 10.3. The molecular formula is C24H23F3N2O6. The van der Waals surface area contributed by atoms with Crippen LogP contribution in [0, 0.1) is 0 Å². The third-order valence-electron chi connectivity index (χ3n) is 6.05. The molecule has 1 fully saturated rings. The third kappa shape index (κ3) is 5.56. The molecular weight excluding hydrogens is 469 g/mol. The third-order valence-corrected chi connectivity index (χ3v) is 6.05. The van der Waals surface area contributed by atoms with Gasteiger partial charge < -0.3 is 24.8 Å². The Morgan fingerprint density at radius 3 is 2.14 bits per heavy atom. The maximum Gasteiger partial charge on any atom is 0.409 e. The number of carbonyl (C=O) groups is 3. The molecule has 1 unspecified atom stereocenters. The molecule has 2 aromatic rings. The summed E-state index contributed by atoms with van der Waals surface area (Å²) in [6, 6.07) is 12.7. The van der Waals surface area contributed by atoms with Gasteiger partial charge in [-0.25, -0.2) is 9.59 Å². The number of nitrogens with one attached hydrogen (secondary N) is 1. The van der Waals surface area contributed by atoms with Crippen LogP contribution in [0.1, 0.15) is 23.5 Å². The van der Waals surface area contributed by atoms with Crippen molar-refractivity contribution in [1.82, 2.24) is 10.2 Å². The average Bonchev–Trinajstić information content (AvgIpc) is 3.09. The number of likely N-dealkylation sites (tertiary alicyclic amines) is 1. The number of nitrogens with zero attached hydrogens (tertiary/aromatic N) is 1. The zero-order chi connectivity index (χ0) is 25.2. The van der Waals surface area contributed by atoms with Crippen LogP contribution in [0.4, 0.5) is 18.0 Å². The fourth-order valence-electron chi connectivity index (χ4n) is 4.27. The van der Waals surface area contributed by atoms with E-state index in [-0.39, 0.29) is 25.6 Å². The second kappa shape index (κ2) is 9.95. The van der Waals surface area contributed by atoms with Crippen LogP contribution in [0.2, 0.25) is 0 Å². The summed E-state index contributed by atoms with van der Waals surface area (Å²) in [4.78, 5) is 36.1. The average molecular weight is 492 g/mol. The fraction of sp³-hybridized carbons (Fsp3) is 0.375. The van der Waals surface area contributed by atoms with Gasteiger partial charge in [0.1, 0.15) is 19.3 Å². The van der Waals surface area contributed by atoms with Gasteiger partial charge in [0.15, 0.2) is 0 Å². The molecule has 4 rings (SSSR count). The summed E-state index contributed by atoms with van der Waals surface area (Å²) in [6.07, 6.45) is -7.69. The molecule has 1 aliphatic carbocycles. The molecule has 2 aromatic carbocycles. The topological polar surface area (TPSA) is 105 Å². The number of ether oxygens (including phenoxy) is 2. The Morgan fingerprint density at radius 2 is 1.60 bits per heavy atom. The van der Waals surface area contributed by atoms with Crippen molar-refractivity contribution >= 4 is 18.0 Å². The Bertz CT molecular complexity index is 1070. The van der Waals surface area contributed by atoms with Gasteiger partial charge in [-0.2, -0.15) is 13.2 Å². The van der Waals surface area contributed by atoms with E-state index in [0.29, 0.717) is 0 Å². The standard InChI is InChI=1S/C24H23F3N2O6/c25-24(26,27)20(9-21(30)29-10-14(11-29)34-13-22(31)32)28-23(33)35-12-19-17-7-3-1-5-15(17)16-6-2-4-8-18(16)19/h1-8,14,19-20H,9-13H2,(H,28,33)(H,31,32). The van der Waals surface area contributed by atoms with Crippen molar-refractivity contribution < 1.29 is 42.1 Å². The van der Waals surface area contributed by atoms with Crippen molar-refractivity contribution in [3.05, 3.63) is 59.7 Å². The van der Waals surface area contributed by atoms with E-state index in [1.54, 1.807) is 5.32 Å². The van der Waals surface area contributed by atoms with Crippen LogP contribution in [0.25, 0.3) is 11.1 Å². The van der Waals surface area contributed by atoms with E-state index >= 15 is 0 Å². The van der Waals surface area contributed by atoms with Crippen LogP contribution >= 0.6 is 0 Å². The lowest BCUT2D eigenvalue weighted by molar-refractivity contribution is -0.169. The summed E-state index contributed by atoms with van der Waals surface area (Å²) < 4.78 is 50.7. The highest BCUT2D eigenvalue weighted by Gasteiger charge is 2.44. The lowest BCUT2D eigenvalue weighted by Crippen LogP contribution is -2.57. The molecule has 0 aromatic heterocycles. The number of carboxylic acids is 1. The monoisotopic (exact) mass is 492 g/mol. The molecule has 1 saturated heterocycles. The highest BCUT2D eigenvalue weighted by Crippen LogP contribution is 2.44.